The average molecular weight is 354 g/mol. The van der Waals surface area contributed by atoms with Gasteiger partial charge in [0.1, 0.15) is 11.9 Å². The number of hydrogen-bond donors (Lipinski definition) is 2. The summed E-state index contributed by atoms with van der Waals surface area (Å²) in [6.07, 6.45) is 0.105. The van der Waals surface area contributed by atoms with Crippen LogP contribution in [0.15, 0.2) is 23.1 Å². The van der Waals surface area contributed by atoms with Crippen LogP contribution in [0.4, 0.5) is 9.18 Å². The fraction of sp³-hybridized carbons (Fsp3) is 0.529. The Kier molecular flexibility index (Phi) is 6.48. The van der Waals surface area contributed by atoms with Gasteiger partial charge >= 0.3 is 6.09 Å². The molecule has 1 aliphatic rings. The number of rotatable bonds is 5. The van der Waals surface area contributed by atoms with Crippen molar-refractivity contribution in [1.29, 1.82) is 0 Å². The van der Waals surface area contributed by atoms with E-state index >= 15 is 0 Å². The Bertz CT molecular complexity index is 609. The number of thioether (sulfide) groups is 1. The molecule has 24 heavy (non-hydrogen) atoms. The number of nitrogens with one attached hydrogen (secondary N) is 2. The van der Waals surface area contributed by atoms with Crippen LogP contribution in [0.2, 0.25) is 0 Å². The fourth-order valence-electron chi connectivity index (χ4n) is 2.61. The summed E-state index contributed by atoms with van der Waals surface area (Å²) in [5.41, 5.74) is 0.790. The Labute approximate surface area is 145 Å². The summed E-state index contributed by atoms with van der Waals surface area (Å²) in [5, 5.41) is 5.53. The summed E-state index contributed by atoms with van der Waals surface area (Å²) < 4.78 is 18.4. The molecule has 7 heteroatoms. The molecule has 0 aliphatic carbocycles. The van der Waals surface area contributed by atoms with Crippen LogP contribution in [0.1, 0.15) is 38.8 Å². The summed E-state index contributed by atoms with van der Waals surface area (Å²) in [6.45, 7) is 5.64. The topological polar surface area (TPSA) is 67.4 Å². The van der Waals surface area contributed by atoms with Crippen LogP contribution in [-0.2, 0) is 9.53 Å². The lowest BCUT2D eigenvalue weighted by Gasteiger charge is -2.29. The molecule has 1 aromatic rings. The number of carbonyl (C=O) groups is 2. The van der Waals surface area contributed by atoms with Gasteiger partial charge in [-0.15, -0.1) is 11.8 Å². The van der Waals surface area contributed by atoms with Gasteiger partial charge in [0.05, 0.1) is 12.6 Å². The second-order valence-electron chi connectivity index (χ2n) is 5.97. The number of hydrogen-bond acceptors (Lipinski definition) is 4. The number of fused-ring (bicyclic) bond motifs is 1. The highest BCUT2D eigenvalue weighted by Crippen LogP contribution is 2.36. The molecule has 2 rings (SSSR count). The normalized spacial score (nSPS) is 17.8. The standard InChI is InChI=1S/C17H23FN2O3S/c1-4-23-17(22)20-15(10(2)3)16(21)19-13-7-8-24-14-6-5-11(18)9-12(13)14/h5-6,9-10,13,15H,4,7-8H2,1-3H3,(H,19,21)(H,20,22)/t13-,15-/m0/s1. The first-order valence-electron chi connectivity index (χ1n) is 8.08. The third-order valence-corrected chi connectivity index (χ3v) is 4.95. The smallest absolute Gasteiger partial charge is 0.407 e. The van der Waals surface area contributed by atoms with E-state index in [0.29, 0.717) is 0 Å². The van der Waals surface area contributed by atoms with Crippen LogP contribution in [0, 0.1) is 11.7 Å². The number of halogens is 1. The van der Waals surface area contributed by atoms with E-state index in [-0.39, 0.29) is 30.3 Å². The van der Waals surface area contributed by atoms with Gasteiger partial charge in [0.25, 0.3) is 0 Å². The van der Waals surface area contributed by atoms with E-state index in [9.17, 15) is 14.0 Å². The molecule has 0 fully saturated rings. The zero-order valence-corrected chi connectivity index (χ0v) is 14.9. The van der Waals surface area contributed by atoms with Gasteiger partial charge in [-0.2, -0.15) is 0 Å². The first kappa shape index (κ1) is 18.6. The predicted molar refractivity (Wildman–Crippen MR) is 91.4 cm³/mol. The lowest BCUT2D eigenvalue weighted by molar-refractivity contribution is -0.124. The summed E-state index contributed by atoms with van der Waals surface area (Å²) in [4.78, 5) is 25.2. The minimum atomic E-state index is -0.698. The largest absolute Gasteiger partial charge is 0.450 e. The van der Waals surface area contributed by atoms with Crippen molar-refractivity contribution in [3.63, 3.8) is 0 Å². The molecule has 2 N–H and O–H groups in total. The summed E-state index contributed by atoms with van der Waals surface area (Å²) in [7, 11) is 0. The van der Waals surface area contributed by atoms with Crippen molar-refractivity contribution >= 4 is 23.8 Å². The molecule has 5 nitrogen and oxygen atoms in total. The molecular formula is C17H23FN2O3S. The van der Waals surface area contributed by atoms with Crippen LogP contribution < -0.4 is 10.6 Å². The maximum atomic E-state index is 13.6. The third-order valence-electron chi connectivity index (χ3n) is 3.83. The van der Waals surface area contributed by atoms with Crippen molar-refractivity contribution in [2.24, 2.45) is 5.92 Å². The van der Waals surface area contributed by atoms with Crippen LogP contribution >= 0.6 is 11.8 Å². The minimum absolute atomic E-state index is 0.0978. The Balaban J connectivity index is 2.10. The van der Waals surface area contributed by atoms with Gasteiger partial charge in [-0.3, -0.25) is 4.79 Å². The number of alkyl carbamates (subject to hydrolysis) is 1. The minimum Gasteiger partial charge on any atom is -0.450 e. The number of carbonyl (C=O) groups excluding carboxylic acids is 2. The summed E-state index contributed by atoms with van der Waals surface area (Å²) in [6, 6.07) is 3.68. The van der Waals surface area contributed by atoms with Crippen LogP contribution in [-0.4, -0.2) is 30.4 Å². The van der Waals surface area contributed by atoms with E-state index < -0.39 is 12.1 Å². The molecular weight excluding hydrogens is 331 g/mol. The zero-order chi connectivity index (χ0) is 17.7. The van der Waals surface area contributed by atoms with Crippen LogP contribution in [0.3, 0.4) is 0 Å². The van der Waals surface area contributed by atoms with E-state index in [1.807, 2.05) is 13.8 Å². The Morgan fingerprint density at radius 2 is 2.17 bits per heavy atom. The molecule has 0 unspecified atom stereocenters. The molecule has 0 aromatic heterocycles. The molecule has 2 amide bonds. The van der Waals surface area contributed by atoms with Crippen molar-refractivity contribution in [3.05, 3.63) is 29.6 Å². The predicted octanol–water partition coefficient (Wildman–Crippen LogP) is 3.25. The molecule has 0 saturated carbocycles. The highest BCUT2D eigenvalue weighted by molar-refractivity contribution is 7.99. The maximum absolute atomic E-state index is 13.6. The molecule has 1 aromatic carbocycles. The van der Waals surface area contributed by atoms with E-state index in [4.69, 9.17) is 4.74 Å². The molecule has 2 atom stereocenters. The highest BCUT2D eigenvalue weighted by atomic mass is 32.2. The second kappa shape index (κ2) is 8.37. The highest BCUT2D eigenvalue weighted by Gasteiger charge is 2.29. The monoisotopic (exact) mass is 354 g/mol. The van der Waals surface area contributed by atoms with E-state index in [0.717, 1.165) is 22.6 Å². The molecule has 0 bridgehead atoms. The lowest BCUT2D eigenvalue weighted by atomic mass is 10.00. The number of benzene rings is 1. The third kappa shape index (κ3) is 4.63. The van der Waals surface area contributed by atoms with Gasteiger partial charge < -0.3 is 15.4 Å². The fourth-order valence-corrected chi connectivity index (χ4v) is 3.72. The second-order valence-corrected chi connectivity index (χ2v) is 7.10. The summed E-state index contributed by atoms with van der Waals surface area (Å²) in [5.74, 6) is 0.145. The molecule has 132 valence electrons. The van der Waals surface area contributed by atoms with Gasteiger partial charge in [-0.05, 0) is 43.0 Å². The van der Waals surface area contributed by atoms with E-state index in [2.05, 4.69) is 10.6 Å². The van der Waals surface area contributed by atoms with Crippen molar-refractivity contribution in [2.45, 2.75) is 44.2 Å². The van der Waals surface area contributed by atoms with E-state index in [1.165, 1.54) is 12.1 Å². The summed E-state index contributed by atoms with van der Waals surface area (Å²) >= 11 is 1.65. The van der Waals surface area contributed by atoms with Crippen molar-refractivity contribution in [2.75, 3.05) is 12.4 Å². The molecule has 0 saturated heterocycles. The van der Waals surface area contributed by atoms with Crippen LogP contribution in [0.25, 0.3) is 0 Å². The van der Waals surface area contributed by atoms with Gasteiger partial charge in [0.2, 0.25) is 5.91 Å². The Morgan fingerprint density at radius 1 is 1.42 bits per heavy atom. The van der Waals surface area contributed by atoms with Crippen LogP contribution in [0.5, 0.6) is 0 Å². The molecule has 0 radical (unpaired) electrons. The lowest BCUT2D eigenvalue weighted by Crippen LogP contribution is -2.50. The van der Waals surface area contributed by atoms with Crippen molar-refractivity contribution in [3.8, 4) is 0 Å². The van der Waals surface area contributed by atoms with Gasteiger partial charge in [-0.1, -0.05) is 13.8 Å². The SMILES string of the molecule is CCOC(=O)N[C@H](C(=O)N[C@H]1CCSc2ccc(F)cc21)C(C)C. The number of ether oxygens (including phenoxy) is 1. The van der Waals surface area contributed by atoms with Crippen molar-refractivity contribution in [1.82, 2.24) is 10.6 Å². The zero-order valence-electron chi connectivity index (χ0n) is 14.1. The van der Waals surface area contributed by atoms with Gasteiger partial charge in [-0.25, -0.2) is 9.18 Å². The number of amides is 2. The van der Waals surface area contributed by atoms with Crippen molar-refractivity contribution < 1.29 is 18.7 Å². The van der Waals surface area contributed by atoms with Gasteiger partial charge in [0.15, 0.2) is 0 Å². The molecule has 0 spiro atoms. The Morgan fingerprint density at radius 3 is 2.83 bits per heavy atom. The maximum Gasteiger partial charge on any atom is 0.407 e. The Hall–Kier alpha value is -1.76. The first-order valence-corrected chi connectivity index (χ1v) is 9.06. The molecule has 1 aliphatic heterocycles. The first-order chi connectivity index (χ1) is 11.4. The van der Waals surface area contributed by atoms with Gasteiger partial charge in [0, 0.05) is 10.6 Å². The quantitative estimate of drug-likeness (QED) is 0.852. The molecule has 1 heterocycles. The van der Waals surface area contributed by atoms with E-state index in [1.54, 1.807) is 24.8 Å². The average Bonchev–Trinajstić information content (AvgIpc) is 2.53.